The summed E-state index contributed by atoms with van der Waals surface area (Å²) in [4.78, 5) is 43.9. The minimum atomic E-state index is -1.13. The van der Waals surface area contributed by atoms with Gasteiger partial charge in [0, 0.05) is 32.2 Å². The van der Waals surface area contributed by atoms with Crippen LogP contribution in [0.25, 0.3) is 22.3 Å². The highest BCUT2D eigenvalue weighted by molar-refractivity contribution is 6.33. The molecule has 1 amide bonds. The third kappa shape index (κ3) is 7.12. The summed E-state index contributed by atoms with van der Waals surface area (Å²) in [6.45, 7) is 6.82. The van der Waals surface area contributed by atoms with Gasteiger partial charge in [-0.05, 0) is 57.4 Å². The summed E-state index contributed by atoms with van der Waals surface area (Å²) in [7, 11) is 3.07. The van der Waals surface area contributed by atoms with E-state index < -0.39 is 23.3 Å². The fourth-order valence-corrected chi connectivity index (χ4v) is 5.75. The zero-order valence-corrected chi connectivity index (χ0v) is 26.7. The predicted molar refractivity (Wildman–Crippen MR) is 170 cm³/mol. The van der Waals surface area contributed by atoms with Crippen LogP contribution in [0.3, 0.4) is 0 Å². The maximum Gasteiger partial charge on any atom is 0.407 e. The van der Waals surface area contributed by atoms with E-state index in [4.69, 9.17) is 21.1 Å². The lowest BCUT2D eigenvalue weighted by Gasteiger charge is -2.39. The molecule has 1 saturated heterocycles. The van der Waals surface area contributed by atoms with E-state index in [1.165, 1.54) is 18.0 Å². The Morgan fingerprint density at radius 2 is 1.78 bits per heavy atom. The third-order valence-electron chi connectivity index (χ3n) is 7.74. The molecule has 2 aromatic heterocycles. The molecule has 1 fully saturated rings. The molecule has 2 N–H and O–H groups in total. The van der Waals surface area contributed by atoms with Crippen LogP contribution in [0.15, 0.2) is 53.6 Å². The molecule has 238 valence electrons. The van der Waals surface area contributed by atoms with Crippen molar-refractivity contribution < 1.29 is 24.2 Å². The number of methoxy groups -OCH3 is 1. The van der Waals surface area contributed by atoms with E-state index >= 15 is 0 Å². The second-order valence-electron chi connectivity index (χ2n) is 12.3. The maximum atomic E-state index is 13.5. The minimum Gasteiger partial charge on any atom is -0.465 e. The number of fused-ring (bicyclic) bond motifs is 1. The number of benzene rings is 2. The molecular formula is C32H37ClN6O6. The second kappa shape index (κ2) is 12.5. The van der Waals surface area contributed by atoms with E-state index in [2.05, 4.69) is 15.4 Å². The maximum absolute atomic E-state index is 13.5. The smallest absolute Gasteiger partial charge is 0.407 e. The molecule has 4 aromatic rings. The van der Waals surface area contributed by atoms with Crippen molar-refractivity contribution in [3.63, 3.8) is 0 Å². The SMILES string of the molecule is COC(=O)c1ccc(N2CCC(O)(Cn3cnc4c(-c5ccc(CNC(=O)OC(C)(C)C)cc5)n(C)nc4c3=O)CC2)c(Cl)c1. The van der Waals surface area contributed by atoms with Crippen LogP contribution >= 0.6 is 11.6 Å². The number of nitrogens with one attached hydrogen (secondary N) is 1. The molecule has 1 aliphatic heterocycles. The van der Waals surface area contributed by atoms with E-state index in [-0.39, 0.29) is 17.6 Å². The molecule has 1 aliphatic rings. The van der Waals surface area contributed by atoms with Crippen LogP contribution < -0.4 is 15.8 Å². The second-order valence-corrected chi connectivity index (χ2v) is 12.7. The number of alkyl carbamates (subject to hydrolysis) is 1. The zero-order valence-electron chi connectivity index (χ0n) is 26.0. The molecule has 0 radical (unpaired) electrons. The Bertz CT molecular complexity index is 1780. The molecule has 0 spiro atoms. The van der Waals surface area contributed by atoms with E-state index in [1.807, 2.05) is 49.9 Å². The van der Waals surface area contributed by atoms with Gasteiger partial charge in [-0.1, -0.05) is 35.9 Å². The molecule has 13 heteroatoms. The molecule has 0 aliphatic carbocycles. The number of carbonyl (C=O) groups excluding carboxylic acids is 2. The van der Waals surface area contributed by atoms with E-state index in [0.717, 1.165) is 16.8 Å². The molecule has 0 bridgehead atoms. The van der Waals surface area contributed by atoms with Gasteiger partial charge in [0.25, 0.3) is 5.56 Å². The molecule has 12 nitrogen and oxygen atoms in total. The number of hydrogen-bond donors (Lipinski definition) is 2. The van der Waals surface area contributed by atoms with Gasteiger partial charge in [-0.15, -0.1) is 0 Å². The van der Waals surface area contributed by atoms with Crippen LogP contribution in [0.2, 0.25) is 5.02 Å². The Hall–Kier alpha value is -4.42. The number of aryl methyl sites for hydroxylation is 1. The quantitative estimate of drug-likeness (QED) is 0.284. The van der Waals surface area contributed by atoms with Gasteiger partial charge in [0.1, 0.15) is 11.1 Å². The van der Waals surface area contributed by atoms with Gasteiger partial charge in [-0.2, -0.15) is 5.10 Å². The lowest BCUT2D eigenvalue weighted by molar-refractivity contribution is -0.00103. The Kier molecular flexibility index (Phi) is 8.90. The van der Waals surface area contributed by atoms with Gasteiger partial charge in [-0.25, -0.2) is 14.6 Å². The van der Waals surface area contributed by atoms with Crippen molar-refractivity contribution in [1.29, 1.82) is 0 Å². The van der Waals surface area contributed by atoms with Gasteiger partial charge in [0.15, 0.2) is 5.52 Å². The lowest BCUT2D eigenvalue weighted by Crippen LogP contribution is -2.48. The summed E-state index contributed by atoms with van der Waals surface area (Å²) in [5.41, 5.74) is 2.14. The van der Waals surface area contributed by atoms with Gasteiger partial charge in [0.05, 0.1) is 47.6 Å². The summed E-state index contributed by atoms with van der Waals surface area (Å²) >= 11 is 6.46. The number of hydrogen-bond acceptors (Lipinski definition) is 9. The molecule has 3 heterocycles. The monoisotopic (exact) mass is 636 g/mol. The highest BCUT2D eigenvalue weighted by atomic mass is 35.5. The van der Waals surface area contributed by atoms with Crippen LogP contribution in [-0.4, -0.2) is 67.9 Å². The fourth-order valence-electron chi connectivity index (χ4n) is 5.45. The van der Waals surface area contributed by atoms with Crippen LogP contribution in [-0.2, 0) is 29.6 Å². The molecule has 2 aromatic carbocycles. The molecule has 0 unspecified atom stereocenters. The van der Waals surface area contributed by atoms with Crippen LogP contribution in [0.5, 0.6) is 0 Å². The summed E-state index contributed by atoms with van der Waals surface area (Å²) in [6.07, 6.45) is 1.77. The Balaban J connectivity index is 1.27. The lowest BCUT2D eigenvalue weighted by atomic mass is 9.91. The predicted octanol–water partition coefficient (Wildman–Crippen LogP) is 4.29. The topological polar surface area (TPSA) is 141 Å². The first-order valence-corrected chi connectivity index (χ1v) is 15.0. The van der Waals surface area contributed by atoms with Crippen molar-refractivity contribution in [3.05, 3.63) is 75.3 Å². The number of aromatic nitrogens is 4. The first-order chi connectivity index (χ1) is 21.3. The van der Waals surface area contributed by atoms with Gasteiger partial charge < -0.3 is 24.8 Å². The number of esters is 1. The molecule has 45 heavy (non-hydrogen) atoms. The van der Waals surface area contributed by atoms with Gasteiger partial charge in [-0.3, -0.25) is 14.0 Å². The third-order valence-corrected chi connectivity index (χ3v) is 8.05. The highest BCUT2D eigenvalue weighted by Gasteiger charge is 2.34. The van der Waals surface area contributed by atoms with Crippen molar-refractivity contribution in [1.82, 2.24) is 24.6 Å². The Labute approximate surface area is 265 Å². The number of rotatable bonds is 7. The van der Waals surface area contributed by atoms with Crippen molar-refractivity contribution in [2.24, 2.45) is 7.05 Å². The number of ether oxygens (including phenoxy) is 2. The largest absolute Gasteiger partial charge is 0.465 e. The zero-order chi connectivity index (χ0) is 32.5. The molecule has 0 saturated carbocycles. The standard InChI is InChI=1S/C32H37ClN6O6/c1-31(2,3)45-30(42)34-17-20-6-8-21(9-7-20)27-25-26(36-37(27)4)28(40)39(19-35-25)18-32(43)12-14-38(15-13-32)24-11-10-22(16-23(24)33)29(41)44-5/h6-11,16,19,43H,12-15,17-18H2,1-5H3,(H,34,42). The Morgan fingerprint density at radius 3 is 2.40 bits per heavy atom. The summed E-state index contributed by atoms with van der Waals surface area (Å²) in [5, 5.41) is 19.1. The number of piperidine rings is 1. The van der Waals surface area contributed by atoms with Crippen LogP contribution in [0.4, 0.5) is 10.5 Å². The van der Waals surface area contributed by atoms with Crippen molar-refractivity contribution in [2.45, 2.75) is 57.9 Å². The van der Waals surface area contributed by atoms with E-state index in [1.54, 1.807) is 29.9 Å². The number of carbonyl (C=O) groups is 2. The van der Waals surface area contributed by atoms with E-state index in [9.17, 15) is 19.5 Å². The van der Waals surface area contributed by atoms with Crippen LogP contribution in [0, 0.1) is 0 Å². The number of aliphatic hydroxyl groups is 1. The highest BCUT2D eigenvalue weighted by Crippen LogP contribution is 2.33. The molecule has 5 rings (SSSR count). The summed E-state index contributed by atoms with van der Waals surface area (Å²) < 4.78 is 13.1. The number of amides is 1. The van der Waals surface area contributed by atoms with E-state index in [0.29, 0.717) is 54.3 Å². The normalized spacial score (nSPS) is 14.8. The first kappa shape index (κ1) is 32.0. The average molecular weight is 637 g/mol. The van der Waals surface area contributed by atoms with Crippen LogP contribution in [0.1, 0.15) is 49.5 Å². The van der Waals surface area contributed by atoms with Gasteiger partial charge in [0.2, 0.25) is 0 Å². The van der Waals surface area contributed by atoms with Crippen molar-refractivity contribution >= 4 is 40.4 Å². The number of nitrogens with zero attached hydrogens (tertiary/aromatic N) is 5. The number of anilines is 1. The van der Waals surface area contributed by atoms with Gasteiger partial charge >= 0.3 is 12.1 Å². The Morgan fingerprint density at radius 1 is 1.09 bits per heavy atom. The fraction of sp³-hybridized carbons (Fsp3) is 0.406. The summed E-state index contributed by atoms with van der Waals surface area (Å²) in [6, 6.07) is 12.6. The minimum absolute atomic E-state index is 0.0723. The summed E-state index contributed by atoms with van der Waals surface area (Å²) in [5.74, 6) is -0.463. The average Bonchev–Trinajstić information content (AvgIpc) is 3.33. The first-order valence-electron chi connectivity index (χ1n) is 14.6. The number of halogens is 1. The molecular weight excluding hydrogens is 600 g/mol. The van der Waals surface area contributed by atoms with Crippen molar-refractivity contribution in [2.75, 3.05) is 25.1 Å². The van der Waals surface area contributed by atoms with Crippen molar-refractivity contribution in [3.8, 4) is 11.3 Å². The molecule has 0 atom stereocenters.